The molecule has 3 aromatic rings. The second kappa shape index (κ2) is 6.62. The van der Waals surface area contributed by atoms with Gasteiger partial charge in [0, 0.05) is 20.3 Å². The zero-order valence-electron chi connectivity index (χ0n) is 15.1. The molecule has 0 aliphatic heterocycles. The molecule has 12 heteroatoms. The summed E-state index contributed by atoms with van der Waals surface area (Å²) in [6.07, 6.45) is -2.32. The van der Waals surface area contributed by atoms with Crippen LogP contribution in [0.2, 0.25) is 0 Å². The lowest BCUT2D eigenvalue weighted by atomic mass is 10.2. The van der Waals surface area contributed by atoms with Crippen LogP contribution in [0.4, 0.5) is 18.9 Å². The first kappa shape index (κ1) is 19.9. The van der Waals surface area contributed by atoms with E-state index in [9.17, 15) is 26.4 Å². The van der Waals surface area contributed by atoms with Gasteiger partial charge in [-0.25, -0.2) is 22.6 Å². The molecule has 0 bridgehead atoms. The van der Waals surface area contributed by atoms with Crippen LogP contribution >= 0.6 is 0 Å². The summed E-state index contributed by atoms with van der Waals surface area (Å²) in [6.45, 7) is 1.43. The summed E-state index contributed by atoms with van der Waals surface area (Å²) < 4.78 is 65.4. The average molecular weight is 415 g/mol. The lowest BCUT2D eigenvalue weighted by molar-refractivity contribution is -0.137. The van der Waals surface area contributed by atoms with Crippen LogP contribution in [-0.2, 0) is 16.0 Å². The van der Waals surface area contributed by atoms with Crippen LogP contribution in [0.3, 0.4) is 0 Å². The maximum Gasteiger partial charge on any atom is 0.416 e. The fraction of sp³-hybridized carbons (Fsp3) is 0.312. The zero-order valence-corrected chi connectivity index (χ0v) is 15.9. The zero-order chi connectivity index (χ0) is 20.9. The maximum absolute atomic E-state index is 12.9. The molecular formula is C16H16F3N5O3S. The lowest BCUT2D eigenvalue weighted by Crippen LogP contribution is -2.23. The van der Waals surface area contributed by atoms with Gasteiger partial charge in [-0.1, -0.05) is 6.92 Å². The Hall–Kier alpha value is -2.89. The minimum atomic E-state index is -4.61. The van der Waals surface area contributed by atoms with Crippen molar-refractivity contribution >= 4 is 21.2 Å². The highest BCUT2D eigenvalue weighted by molar-refractivity contribution is 7.91. The number of rotatable bonds is 4. The summed E-state index contributed by atoms with van der Waals surface area (Å²) >= 11 is 0. The van der Waals surface area contributed by atoms with E-state index in [1.807, 2.05) is 0 Å². The molecule has 3 aromatic heterocycles. The number of alkyl halides is 3. The first-order chi connectivity index (χ1) is 13.0. The summed E-state index contributed by atoms with van der Waals surface area (Å²) in [4.78, 5) is 18.1. The van der Waals surface area contributed by atoms with Crippen LogP contribution in [0.5, 0.6) is 0 Å². The van der Waals surface area contributed by atoms with E-state index < -0.39 is 27.3 Å². The summed E-state index contributed by atoms with van der Waals surface area (Å²) in [6, 6.07) is 2.80. The third-order valence-electron chi connectivity index (χ3n) is 4.10. The van der Waals surface area contributed by atoms with Gasteiger partial charge in [-0.3, -0.25) is 0 Å². The predicted molar refractivity (Wildman–Crippen MR) is 95.6 cm³/mol. The summed E-state index contributed by atoms with van der Waals surface area (Å²) in [5.41, 5.74) is -1.61. The van der Waals surface area contributed by atoms with Crippen molar-refractivity contribution in [2.75, 3.05) is 24.7 Å². The number of hydrogen-bond donors (Lipinski definition) is 0. The molecule has 0 radical (unpaired) electrons. The number of anilines is 1. The third-order valence-corrected chi connectivity index (χ3v) is 5.83. The number of aromatic nitrogens is 4. The molecule has 0 N–H and O–H groups in total. The molecule has 0 amide bonds. The van der Waals surface area contributed by atoms with E-state index in [1.165, 1.54) is 19.2 Å². The summed E-state index contributed by atoms with van der Waals surface area (Å²) in [5, 5.41) is 3.87. The largest absolute Gasteiger partial charge is 0.416 e. The summed E-state index contributed by atoms with van der Waals surface area (Å²) in [5.74, 6) is -0.520. The number of nitrogens with zero attached hydrogens (tertiary/aromatic N) is 5. The topological polar surface area (TPSA) is 89.6 Å². The van der Waals surface area contributed by atoms with E-state index in [0.29, 0.717) is 16.4 Å². The van der Waals surface area contributed by atoms with Gasteiger partial charge in [0.1, 0.15) is 4.90 Å². The van der Waals surface area contributed by atoms with Crippen molar-refractivity contribution in [1.82, 2.24) is 19.2 Å². The van der Waals surface area contributed by atoms with E-state index in [-0.39, 0.29) is 22.1 Å². The molecule has 0 fully saturated rings. The van der Waals surface area contributed by atoms with Gasteiger partial charge in [-0.05, 0) is 18.2 Å². The fourth-order valence-electron chi connectivity index (χ4n) is 2.50. The van der Waals surface area contributed by atoms with Crippen LogP contribution in [0, 0.1) is 0 Å². The molecule has 3 heterocycles. The molecule has 0 aliphatic carbocycles. The minimum Gasteiger partial charge on any atom is -0.376 e. The van der Waals surface area contributed by atoms with Crippen molar-refractivity contribution in [3.8, 4) is 5.82 Å². The van der Waals surface area contributed by atoms with E-state index in [2.05, 4.69) is 10.1 Å². The van der Waals surface area contributed by atoms with Crippen LogP contribution in [0.15, 0.2) is 40.3 Å². The smallest absolute Gasteiger partial charge is 0.376 e. The van der Waals surface area contributed by atoms with Gasteiger partial charge >= 0.3 is 11.9 Å². The Morgan fingerprint density at radius 1 is 1.21 bits per heavy atom. The number of halogens is 3. The SMILES string of the molecule is CCS(=O)(=O)c1cc(N(C)C)cnc1-n1nc2cc(C(F)(F)F)ccn2c1=O. The Labute approximate surface area is 157 Å². The molecule has 0 saturated carbocycles. The van der Waals surface area contributed by atoms with E-state index in [0.717, 1.165) is 16.7 Å². The van der Waals surface area contributed by atoms with Crippen molar-refractivity contribution in [3.05, 3.63) is 46.6 Å². The van der Waals surface area contributed by atoms with Crippen LogP contribution in [0.25, 0.3) is 11.5 Å². The van der Waals surface area contributed by atoms with Gasteiger partial charge in [0.2, 0.25) is 0 Å². The van der Waals surface area contributed by atoms with Crippen LogP contribution in [0.1, 0.15) is 12.5 Å². The molecule has 8 nitrogen and oxygen atoms in total. The van der Waals surface area contributed by atoms with E-state index >= 15 is 0 Å². The third kappa shape index (κ3) is 3.35. The Morgan fingerprint density at radius 3 is 2.46 bits per heavy atom. The number of fused-ring (bicyclic) bond motifs is 1. The van der Waals surface area contributed by atoms with Gasteiger partial charge in [-0.15, -0.1) is 5.10 Å². The fourth-order valence-corrected chi connectivity index (χ4v) is 3.53. The number of sulfone groups is 1. The Kier molecular flexibility index (Phi) is 4.69. The molecule has 3 rings (SSSR count). The van der Waals surface area contributed by atoms with E-state index in [4.69, 9.17) is 0 Å². The molecule has 0 atom stereocenters. The van der Waals surface area contributed by atoms with Gasteiger partial charge in [0.05, 0.1) is 23.2 Å². The average Bonchev–Trinajstić information content (AvgIpc) is 2.96. The summed E-state index contributed by atoms with van der Waals surface area (Å²) in [7, 11) is -0.418. The highest BCUT2D eigenvalue weighted by Gasteiger charge is 2.31. The van der Waals surface area contributed by atoms with Crippen molar-refractivity contribution in [1.29, 1.82) is 0 Å². The van der Waals surface area contributed by atoms with Gasteiger partial charge in [-0.2, -0.15) is 17.9 Å². The van der Waals surface area contributed by atoms with Gasteiger partial charge < -0.3 is 4.90 Å². The first-order valence-electron chi connectivity index (χ1n) is 8.05. The van der Waals surface area contributed by atoms with E-state index in [1.54, 1.807) is 19.0 Å². The van der Waals surface area contributed by atoms with Crippen molar-refractivity contribution in [2.24, 2.45) is 0 Å². The molecule has 28 heavy (non-hydrogen) atoms. The molecule has 0 aromatic carbocycles. The molecular weight excluding hydrogens is 399 g/mol. The number of pyridine rings is 2. The Bertz CT molecular complexity index is 1210. The lowest BCUT2D eigenvalue weighted by Gasteiger charge is -2.15. The molecule has 0 saturated heterocycles. The first-order valence-corrected chi connectivity index (χ1v) is 9.70. The maximum atomic E-state index is 12.9. The minimum absolute atomic E-state index is 0.234. The normalized spacial score (nSPS) is 12.5. The monoisotopic (exact) mass is 415 g/mol. The van der Waals surface area contributed by atoms with Crippen LogP contribution in [-0.4, -0.2) is 47.4 Å². The second-order valence-electron chi connectivity index (χ2n) is 6.15. The molecule has 0 aliphatic rings. The number of hydrogen-bond acceptors (Lipinski definition) is 6. The molecule has 150 valence electrons. The van der Waals surface area contributed by atoms with Crippen molar-refractivity contribution in [2.45, 2.75) is 18.0 Å². The van der Waals surface area contributed by atoms with Crippen molar-refractivity contribution < 1.29 is 21.6 Å². The molecule has 0 unspecified atom stereocenters. The molecule has 0 spiro atoms. The Morgan fingerprint density at radius 2 is 1.89 bits per heavy atom. The van der Waals surface area contributed by atoms with Gasteiger partial charge in [0.15, 0.2) is 21.3 Å². The standard InChI is InChI=1S/C16H16F3N5O3S/c1-4-28(26,27)12-8-11(22(2)3)9-20-14(12)24-15(25)23-6-5-10(16(17,18)19)7-13(23)21-24/h5-9H,4H2,1-3H3. The second-order valence-corrected chi connectivity index (χ2v) is 8.40. The van der Waals surface area contributed by atoms with Gasteiger partial charge in [0.25, 0.3) is 0 Å². The highest BCUT2D eigenvalue weighted by Crippen LogP contribution is 2.29. The predicted octanol–water partition coefficient (Wildman–Crippen LogP) is 1.76. The Balaban J connectivity index is 2.30. The van der Waals surface area contributed by atoms with Crippen LogP contribution < -0.4 is 10.6 Å². The van der Waals surface area contributed by atoms with Crippen molar-refractivity contribution in [3.63, 3.8) is 0 Å². The quantitative estimate of drug-likeness (QED) is 0.645. The highest BCUT2D eigenvalue weighted by atomic mass is 32.2.